The Balaban J connectivity index is 1.86. The average Bonchev–Trinajstić information content (AvgIpc) is 3.15. The molecule has 2 aromatic rings. The van der Waals surface area contributed by atoms with E-state index in [1.807, 2.05) is 0 Å². The van der Waals surface area contributed by atoms with Crippen molar-refractivity contribution >= 4 is 21.6 Å². The van der Waals surface area contributed by atoms with Crippen LogP contribution in [0.2, 0.25) is 0 Å². The average molecular weight is 394 g/mol. The van der Waals surface area contributed by atoms with Crippen molar-refractivity contribution in [2.75, 3.05) is 25.6 Å². The highest BCUT2D eigenvalue weighted by Crippen LogP contribution is 2.24. The quantitative estimate of drug-likeness (QED) is 0.783. The van der Waals surface area contributed by atoms with Gasteiger partial charge in [-0.15, -0.1) is 0 Å². The van der Waals surface area contributed by atoms with Crippen molar-refractivity contribution < 1.29 is 27.1 Å². The highest BCUT2D eigenvalue weighted by atomic mass is 32.2. The molecule has 2 aromatic carbocycles. The molecule has 0 bridgehead atoms. The minimum Gasteiger partial charge on any atom is -0.496 e. The minimum absolute atomic E-state index is 0.0485. The van der Waals surface area contributed by atoms with Crippen LogP contribution in [0.5, 0.6) is 5.75 Å². The number of carbonyl (C=O) groups is 1. The van der Waals surface area contributed by atoms with Gasteiger partial charge in [0.1, 0.15) is 11.6 Å². The molecule has 1 amide bonds. The summed E-state index contributed by atoms with van der Waals surface area (Å²) in [4.78, 5) is 12.5. The number of ether oxygens (including phenoxy) is 2. The SMILES string of the molecule is COc1ccc(S(=O)(=O)N[C@H]2CCOC2)cc1C(=O)Nc1ccc(F)cc1. The fourth-order valence-corrected chi connectivity index (χ4v) is 3.96. The summed E-state index contributed by atoms with van der Waals surface area (Å²) < 4.78 is 51.1. The van der Waals surface area contributed by atoms with Crippen LogP contribution in [0.3, 0.4) is 0 Å². The highest BCUT2D eigenvalue weighted by Gasteiger charge is 2.25. The number of carbonyl (C=O) groups excluding carboxylic acids is 1. The molecule has 144 valence electrons. The fourth-order valence-electron chi connectivity index (χ4n) is 2.68. The van der Waals surface area contributed by atoms with Gasteiger partial charge in [0, 0.05) is 18.3 Å². The first-order chi connectivity index (χ1) is 12.9. The number of hydrogen-bond donors (Lipinski definition) is 2. The summed E-state index contributed by atoms with van der Waals surface area (Å²) >= 11 is 0. The van der Waals surface area contributed by atoms with E-state index in [4.69, 9.17) is 9.47 Å². The Morgan fingerprint density at radius 3 is 2.59 bits per heavy atom. The second kappa shape index (κ2) is 8.03. The molecule has 1 aliphatic heterocycles. The van der Waals surface area contributed by atoms with Crippen LogP contribution < -0.4 is 14.8 Å². The number of anilines is 1. The second-order valence-electron chi connectivity index (χ2n) is 6.00. The van der Waals surface area contributed by atoms with E-state index in [1.54, 1.807) is 0 Å². The number of sulfonamides is 1. The van der Waals surface area contributed by atoms with Gasteiger partial charge >= 0.3 is 0 Å². The number of amides is 1. The van der Waals surface area contributed by atoms with Gasteiger partial charge in [-0.3, -0.25) is 4.79 Å². The van der Waals surface area contributed by atoms with Crippen molar-refractivity contribution in [3.63, 3.8) is 0 Å². The summed E-state index contributed by atoms with van der Waals surface area (Å²) in [5.41, 5.74) is 0.422. The monoisotopic (exact) mass is 394 g/mol. The molecule has 1 fully saturated rings. The van der Waals surface area contributed by atoms with Crippen LogP contribution in [0.15, 0.2) is 47.4 Å². The van der Waals surface area contributed by atoms with E-state index in [1.165, 1.54) is 49.6 Å². The molecule has 0 spiro atoms. The molecule has 7 nitrogen and oxygen atoms in total. The Morgan fingerprint density at radius 1 is 1.22 bits per heavy atom. The maximum Gasteiger partial charge on any atom is 0.259 e. The van der Waals surface area contributed by atoms with Gasteiger partial charge in [-0.25, -0.2) is 17.5 Å². The maximum atomic E-state index is 13.0. The van der Waals surface area contributed by atoms with Gasteiger partial charge in [-0.05, 0) is 48.9 Å². The van der Waals surface area contributed by atoms with Crippen LogP contribution in [0.4, 0.5) is 10.1 Å². The zero-order chi connectivity index (χ0) is 19.4. The molecule has 0 radical (unpaired) electrons. The number of benzene rings is 2. The van der Waals surface area contributed by atoms with Crippen molar-refractivity contribution in [3.8, 4) is 5.75 Å². The number of nitrogens with one attached hydrogen (secondary N) is 2. The molecule has 2 N–H and O–H groups in total. The predicted molar refractivity (Wildman–Crippen MR) is 96.9 cm³/mol. The van der Waals surface area contributed by atoms with E-state index in [-0.39, 0.29) is 22.3 Å². The van der Waals surface area contributed by atoms with E-state index in [9.17, 15) is 17.6 Å². The van der Waals surface area contributed by atoms with Crippen LogP contribution in [0, 0.1) is 5.82 Å². The molecule has 0 unspecified atom stereocenters. The fraction of sp³-hybridized carbons (Fsp3) is 0.278. The standard InChI is InChI=1S/C18H19FN2O5S/c1-25-17-7-6-15(27(23,24)21-14-8-9-26-11-14)10-16(17)18(22)20-13-4-2-12(19)3-5-13/h2-7,10,14,21H,8-9,11H2,1H3,(H,20,22)/t14-/m0/s1. The molecule has 0 saturated carbocycles. The summed E-state index contributed by atoms with van der Waals surface area (Å²) in [6.07, 6.45) is 0.591. The zero-order valence-corrected chi connectivity index (χ0v) is 15.4. The number of methoxy groups -OCH3 is 1. The Hall–Kier alpha value is -2.49. The predicted octanol–water partition coefficient (Wildman–Crippen LogP) is 2.15. The van der Waals surface area contributed by atoms with Gasteiger partial charge in [-0.1, -0.05) is 0 Å². The van der Waals surface area contributed by atoms with Gasteiger partial charge < -0.3 is 14.8 Å². The number of halogens is 1. The molecular weight excluding hydrogens is 375 g/mol. The van der Waals surface area contributed by atoms with Gasteiger partial charge in [-0.2, -0.15) is 0 Å². The van der Waals surface area contributed by atoms with Crippen molar-refractivity contribution in [1.82, 2.24) is 4.72 Å². The Labute approximate surface area is 156 Å². The summed E-state index contributed by atoms with van der Waals surface area (Å²) in [5, 5.41) is 2.59. The summed E-state index contributed by atoms with van der Waals surface area (Å²) in [7, 11) is -2.44. The molecule has 0 aromatic heterocycles. The van der Waals surface area contributed by atoms with E-state index in [0.29, 0.717) is 25.3 Å². The Bertz CT molecular complexity index is 925. The van der Waals surface area contributed by atoms with Crippen LogP contribution in [-0.4, -0.2) is 40.7 Å². The third-order valence-electron chi connectivity index (χ3n) is 4.08. The molecular formula is C18H19FN2O5S. The molecule has 9 heteroatoms. The Kier molecular flexibility index (Phi) is 5.73. The zero-order valence-electron chi connectivity index (χ0n) is 14.6. The molecule has 1 aliphatic rings. The maximum absolute atomic E-state index is 13.0. The third kappa shape index (κ3) is 4.62. The smallest absolute Gasteiger partial charge is 0.259 e. The van der Waals surface area contributed by atoms with Crippen molar-refractivity contribution in [2.24, 2.45) is 0 Å². The van der Waals surface area contributed by atoms with Crippen LogP contribution in [0.25, 0.3) is 0 Å². The highest BCUT2D eigenvalue weighted by molar-refractivity contribution is 7.89. The Morgan fingerprint density at radius 2 is 1.96 bits per heavy atom. The first kappa shape index (κ1) is 19.3. The lowest BCUT2D eigenvalue weighted by atomic mass is 10.2. The lowest BCUT2D eigenvalue weighted by Gasteiger charge is -2.14. The van der Waals surface area contributed by atoms with E-state index < -0.39 is 21.7 Å². The van der Waals surface area contributed by atoms with E-state index >= 15 is 0 Å². The van der Waals surface area contributed by atoms with Gasteiger partial charge in [0.2, 0.25) is 10.0 Å². The van der Waals surface area contributed by atoms with Crippen LogP contribution in [-0.2, 0) is 14.8 Å². The van der Waals surface area contributed by atoms with E-state index in [0.717, 1.165) is 0 Å². The summed E-state index contributed by atoms with van der Waals surface area (Å²) in [6, 6.07) is 8.96. The summed E-state index contributed by atoms with van der Waals surface area (Å²) in [6.45, 7) is 0.814. The first-order valence-corrected chi connectivity index (χ1v) is 9.72. The topological polar surface area (TPSA) is 93.7 Å². The van der Waals surface area contributed by atoms with Crippen LogP contribution in [0.1, 0.15) is 16.8 Å². The first-order valence-electron chi connectivity index (χ1n) is 8.24. The van der Waals surface area contributed by atoms with Crippen molar-refractivity contribution in [1.29, 1.82) is 0 Å². The normalized spacial score (nSPS) is 16.9. The van der Waals surface area contributed by atoms with Gasteiger partial charge in [0.25, 0.3) is 5.91 Å². The molecule has 0 aliphatic carbocycles. The molecule has 1 saturated heterocycles. The van der Waals surface area contributed by atoms with E-state index in [2.05, 4.69) is 10.0 Å². The minimum atomic E-state index is -3.82. The third-order valence-corrected chi connectivity index (χ3v) is 5.60. The number of rotatable bonds is 6. The second-order valence-corrected chi connectivity index (χ2v) is 7.72. The molecule has 3 rings (SSSR count). The molecule has 27 heavy (non-hydrogen) atoms. The number of hydrogen-bond acceptors (Lipinski definition) is 5. The van der Waals surface area contributed by atoms with Crippen molar-refractivity contribution in [2.45, 2.75) is 17.4 Å². The lowest BCUT2D eigenvalue weighted by molar-refractivity contribution is 0.102. The molecule has 1 atom stereocenters. The van der Waals surface area contributed by atoms with Crippen molar-refractivity contribution in [3.05, 3.63) is 53.8 Å². The largest absolute Gasteiger partial charge is 0.496 e. The van der Waals surface area contributed by atoms with Crippen LogP contribution >= 0.6 is 0 Å². The lowest BCUT2D eigenvalue weighted by Crippen LogP contribution is -2.35. The van der Waals surface area contributed by atoms with Gasteiger partial charge in [0.15, 0.2) is 0 Å². The van der Waals surface area contributed by atoms with Gasteiger partial charge in [0.05, 0.1) is 24.2 Å². The molecule has 1 heterocycles. The summed E-state index contributed by atoms with van der Waals surface area (Å²) in [5.74, 6) is -0.780.